The van der Waals surface area contributed by atoms with Crippen LogP contribution in [0.3, 0.4) is 0 Å². The van der Waals surface area contributed by atoms with Gasteiger partial charge < -0.3 is 15.8 Å². The molecule has 2 rings (SSSR count). The number of ether oxygens (including phenoxy) is 1. The Morgan fingerprint density at radius 1 is 1.67 bits per heavy atom. The SMILES string of the molecule is CC1OCCC1CNc1ncncc1N. The number of hydrogen-bond acceptors (Lipinski definition) is 5. The molecular formula is C10H16N4O. The fourth-order valence-corrected chi connectivity index (χ4v) is 1.76. The Bertz CT molecular complexity index is 331. The van der Waals surface area contributed by atoms with Crippen LogP contribution in [0.2, 0.25) is 0 Å². The van der Waals surface area contributed by atoms with Crippen LogP contribution in [0.1, 0.15) is 13.3 Å². The van der Waals surface area contributed by atoms with Crippen LogP contribution in [-0.2, 0) is 4.74 Å². The summed E-state index contributed by atoms with van der Waals surface area (Å²) >= 11 is 0. The molecule has 5 heteroatoms. The predicted molar refractivity (Wildman–Crippen MR) is 58.5 cm³/mol. The zero-order valence-electron chi connectivity index (χ0n) is 8.81. The van der Waals surface area contributed by atoms with E-state index in [-0.39, 0.29) is 0 Å². The lowest BCUT2D eigenvalue weighted by Gasteiger charge is -2.15. The second kappa shape index (κ2) is 4.44. The molecule has 0 aliphatic carbocycles. The van der Waals surface area contributed by atoms with E-state index in [0.717, 1.165) is 19.6 Å². The highest BCUT2D eigenvalue weighted by atomic mass is 16.5. The number of nitrogens with zero attached hydrogens (tertiary/aromatic N) is 2. The molecule has 5 nitrogen and oxygen atoms in total. The summed E-state index contributed by atoms with van der Waals surface area (Å²) < 4.78 is 5.48. The summed E-state index contributed by atoms with van der Waals surface area (Å²) in [5.74, 6) is 1.25. The van der Waals surface area contributed by atoms with E-state index in [0.29, 0.717) is 23.5 Å². The average Bonchev–Trinajstić information content (AvgIpc) is 2.63. The van der Waals surface area contributed by atoms with E-state index >= 15 is 0 Å². The van der Waals surface area contributed by atoms with Crippen molar-refractivity contribution in [1.82, 2.24) is 9.97 Å². The van der Waals surface area contributed by atoms with Crippen LogP contribution < -0.4 is 11.1 Å². The largest absolute Gasteiger partial charge is 0.394 e. The number of rotatable bonds is 3. The van der Waals surface area contributed by atoms with Gasteiger partial charge in [0.25, 0.3) is 0 Å². The van der Waals surface area contributed by atoms with Crippen LogP contribution in [0.15, 0.2) is 12.5 Å². The minimum atomic E-state index is 0.320. The second-order valence-electron chi connectivity index (χ2n) is 3.83. The van der Waals surface area contributed by atoms with E-state index < -0.39 is 0 Å². The molecule has 0 bridgehead atoms. The first-order valence-electron chi connectivity index (χ1n) is 5.18. The van der Waals surface area contributed by atoms with Gasteiger partial charge in [0.05, 0.1) is 18.0 Å². The summed E-state index contributed by atoms with van der Waals surface area (Å²) in [6, 6.07) is 0. The minimum absolute atomic E-state index is 0.320. The van der Waals surface area contributed by atoms with Crippen molar-refractivity contribution in [3.8, 4) is 0 Å². The van der Waals surface area contributed by atoms with E-state index in [2.05, 4.69) is 22.2 Å². The lowest BCUT2D eigenvalue weighted by Crippen LogP contribution is -2.21. The molecule has 15 heavy (non-hydrogen) atoms. The van der Waals surface area contributed by atoms with E-state index in [1.807, 2.05) is 0 Å². The Morgan fingerprint density at radius 2 is 2.53 bits per heavy atom. The second-order valence-corrected chi connectivity index (χ2v) is 3.83. The molecule has 2 unspecified atom stereocenters. The molecule has 3 N–H and O–H groups in total. The molecule has 0 aromatic carbocycles. The lowest BCUT2D eigenvalue weighted by atomic mass is 10.0. The summed E-state index contributed by atoms with van der Waals surface area (Å²) in [6.45, 7) is 3.80. The third kappa shape index (κ3) is 2.36. The molecule has 2 atom stereocenters. The van der Waals surface area contributed by atoms with Crippen molar-refractivity contribution in [2.45, 2.75) is 19.4 Å². The van der Waals surface area contributed by atoms with Gasteiger partial charge in [-0.1, -0.05) is 0 Å². The van der Waals surface area contributed by atoms with Gasteiger partial charge in [-0.15, -0.1) is 0 Å². The van der Waals surface area contributed by atoms with E-state index in [9.17, 15) is 0 Å². The molecule has 0 spiro atoms. The van der Waals surface area contributed by atoms with E-state index in [1.54, 1.807) is 6.20 Å². The molecule has 0 amide bonds. The fourth-order valence-electron chi connectivity index (χ4n) is 1.76. The summed E-state index contributed by atoms with van der Waals surface area (Å²) in [5.41, 5.74) is 6.31. The normalized spacial score (nSPS) is 25.4. The molecule has 1 aromatic rings. The highest BCUT2D eigenvalue weighted by Gasteiger charge is 2.23. The number of anilines is 2. The Hall–Kier alpha value is -1.36. The third-order valence-electron chi connectivity index (χ3n) is 2.81. The summed E-state index contributed by atoms with van der Waals surface area (Å²) in [4.78, 5) is 7.92. The highest BCUT2D eigenvalue weighted by Crippen LogP contribution is 2.21. The van der Waals surface area contributed by atoms with Gasteiger partial charge in [0.1, 0.15) is 6.33 Å². The molecule has 1 aliphatic rings. The highest BCUT2D eigenvalue weighted by molar-refractivity contribution is 5.58. The Balaban J connectivity index is 1.90. The van der Waals surface area contributed by atoms with Crippen LogP contribution in [-0.4, -0.2) is 29.2 Å². The summed E-state index contributed by atoms with van der Waals surface area (Å²) in [5, 5.41) is 3.23. The first kappa shape index (κ1) is 10.2. The maximum Gasteiger partial charge on any atom is 0.152 e. The molecule has 1 saturated heterocycles. The van der Waals surface area contributed by atoms with Gasteiger partial charge in [-0.2, -0.15) is 0 Å². The molecule has 1 aromatic heterocycles. The van der Waals surface area contributed by atoms with Gasteiger partial charge in [0.2, 0.25) is 0 Å². The van der Waals surface area contributed by atoms with Crippen molar-refractivity contribution in [3.63, 3.8) is 0 Å². The number of hydrogen-bond donors (Lipinski definition) is 2. The van der Waals surface area contributed by atoms with Gasteiger partial charge in [0.15, 0.2) is 5.82 Å². The number of nitrogens with one attached hydrogen (secondary N) is 1. The van der Waals surface area contributed by atoms with Crippen LogP contribution >= 0.6 is 0 Å². The molecule has 1 aliphatic heterocycles. The van der Waals surface area contributed by atoms with Crippen LogP contribution in [0.25, 0.3) is 0 Å². The monoisotopic (exact) mass is 208 g/mol. The van der Waals surface area contributed by atoms with Crippen molar-refractivity contribution in [3.05, 3.63) is 12.5 Å². The minimum Gasteiger partial charge on any atom is -0.394 e. The van der Waals surface area contributed by atoms with Crippen LogP contribution in [0, 0.1) is 5.92 Å². The average molecular weight is 208 g/mol. The summed E-state index contributed by atoms with van der Waals surface area (Å²) in [7, 11) is 0. The summed E-state index contributed by atoms with van der Waals surface area (Å²) in [6.07, 6.45) is 4.51. The van der Waals surface area contributed by atoms with Crippen molar-refractivity contribution in [2.75, 3.05) is 24.2 Å². The van der Waals surface area contributed by atoms with Gasteiger partial charge in [-0.05, 0) is 13.3 Å². The lowest BCUT2D eigenvalue weighted by molar-refractivity contribution is 0.108. The smallest absolute Gasteiger partial charge is 0.152 e. The standard InChI is InChI=1S/C10H16N4O/c1-7-8(2-3-15-7)4-13-10-9(11)5-12-6-14-10/h5-8H,2-4,11H2,1H3,(H,12,13,14). The first-order valence-corrected chi connectivity index (χ1v) is 5.18. The zero-order valence-corrected chi connectivity index (χ0v) is 8.81. The number of aromatic nitrogens is 2. The van der Waals surface area contributed by atoms with Crippen molar-refractivity contribution < 1.29 is 4.74 Å². The van der Waals surface area contributed by atoms with E-state index in [4.69, 9.17) is 10.5 Å². The van der Waals surface area contributed by atoms with Crippen LogP contribution in [0.5, 0.6) is 0 Å². The quantitative estimate of drug-likeness (QED) is 0.772. The Kier molecular flexibility index (Phi) is 3.01. The van der Waals surface area contributed by atoms with Crippen molar-refractivity contribution in [2.24, 2.45) is 5.92 Å². The van der Waals surface area contributed by atoms with Crippen molar-refractivity contribution >= 4 is 11.5 Å². The third-order valence-corrected chi connectivity index (χ3v) is 2.81. The topological polar surface area (TPSA) is 73.1 Å². The molecule has 82 valence electrons. The zero-order chi connectivity index (χ0) is 10.7. The molecule has 2 heterocycles. The van der Waals surface area contributed by atoms with E-state index in [1.165, 1.54) is 6.33 Å². The first-order chi connectivity index (χ1) is 7.27. The molecule has 0 radical (unpaired) electrons. The Labute approximate surface area is 89.1 Å². The van der Waals surface area contributed by atoms with Crippen molar-refractivity contribution in [1.29, 1.82) is 0 Å². The fraction of sp³-hybridized carbons (Fsp3) is 0.600. The van der Waals surface area contributed by atoms with Gasteiger partial charge in [0, 0.05) is 19.1 Å². The maximum absolute atomic E-state index is 5.72. The van der Waals surface area contributed by atoms with Gasteiger partial charge in [-0.3, -0.25) is 0 Å². The molecule has 1 fully saturated rings. The maximum atomic E-state index is 5.72. The number of nitrogen functional groups attached to an aromatic ring is 1. The predicted octanol–water partition coefficient (Wildman–Crippen LogP) is 0.896. The number of nitrogens with two attached hydrogens (primary N) is 1. The molecule has 0 saturated carbocycles. The Morgan fingerprint density at radius 3 is 3.20 bits per heavy atom. The van der Waals surface area contributed by atoms with Gasteiger partial charge >= 0.3 is 0 Å². The van der Waals surface area contributed by atoms with Crippen LogP contribution in [0.4, 0.5) is 11.5 Å². The van der Waals surface area contributed by atoms with Gasteiger partial charge in [-0.25, -0.2) is 9.97 Å². The molecular weight excluding hydrogens is 192 g/mol.